The Hall–Kier alpha value is -2.83. The number of anilines is 1. The first kappa shape index (κ1) is 21.9. The summed E-state index contributed by atoms with van der Waals surface area (Å²) < 4.78 is 1.64. The summed E-state index contributed by atoms with van der Waals surface area (Å²) in [6.07, 6.45) is 3.39. The molecule has 0 radical (unpaired) electrons. The van der Waals surface area contributed by atoms with E-state index in [1.165, 1.54) is 41.9 Å². The summed E-state index contributed by atoms with van der Waals surface area (Å²) in [5.74, 6) is 0.342. The molecule has 0 aliphatic rings. The second-order valence-corrected chi connectivity index (χ2v) is 8.38. The Balaban J connectivity index is 1.60. The van der Waals surface area contributed by atoms with Gasteiger partial charge in [-0.05, 0) is 53.1 Å². The van der Waals surface area contributed by atoms with Gasteiger partial charge in [-0.15, -0.1) is 16.9 Å². The highest BCUT2D eigenvalue weighted by molar-refractivity contribution is 8.00. The molecule has 1 aromatic heterocycles. The molecule has 1 heterocycles. The number of unbranched alkanes of at least 4 members (excludes halogenated alkanes) is 1. The van der Waals surface area contributed by atoms with Crippen LogP contribution in [0.5, 0.6) is 0 Å². The minimum absolute atomic E-state index is 0.158. The molecule has 9 heteroatoms. The fourth-order valence-electron chi connectivity index (χ4n) is 2.74. The number of benzene rings is 2. The second kappa shape index (κ2) is 11.4. The third kappa shape index (κ3) is 6.08. The SMILES string of the molecule is CCCCc1ccc(-n2nnnc2SCC(=O)Nc2ccccc2SCC#N)cc1. The molecule has 0 unspecified atom stereocenters. The smallest absolute Gasteiger partial charge is 0.234 e. The fraction of sp³-hybridized carbons (Fsp3) is 0.286. The lowest BCUT2D eigenvalue weighted by Crippen LogP contribution is -2.15. The number of nitrogens with one attached hydrogen (secondary N) is 1. The molecular weight excluding hydrogens is 416 g/mol. The van der Waals surface area contributed by atoms with Gasteiger partial charge < -0.3 is 5.32 Å². The van der Waals surface area contributed by atoms with Gasteiger partial charge in [-0.2, -0.15) is 9.94 Å². The third-order valence-corrected chi connectivity index (χ3v) is 6.09. The van der Waals surface area contributed by atoms with E-state index in [4.69, 9.17) is 5.26 Å². The van der Waals surface area contributed by atoms with Crippen molar-refractivity contribution in [3.05, 3.63) is 54.1 Å². The topological polar surface area (TPSA) is 96.5 Å². The molecule has 30 heavy (non-hydrogen) atoms. The molecule has 2 aromatic carbocycles. The molecule has 0 saturated heterocycles. The van der Waals surface area contributed by atoms with Gasteiger partial charge in [0, 0.05) is 4.90 Å². The number of aryl methyl sites for hydroxylation is 1. The van der Waals surface area contributed by atoms with Crippen molar-refractivity contribution in [2.24, 2.45) is 0 Å². The molecule has 0 bridgehead atoms. The van der Waals surface area contributed by atoms with E-state index < -0.39 is 0 Å². The number of hydrogen-bond donors (Lipinski definition) is 1. The minimum Gasteiger partial charge on any atom is -0.324 e. The number of nitrogens with zero attached hydrogens (tertiary/aromatic N) is 5. The van der Waals surface area contributed by atoms with Crippen molar-refractivity contribution in [2.45, 2.75) is 36.2 Å². The Bertz CT molecular complexity index is 1010. The summed E-state index contributed by atoms with van der Waals surface area (Å²) in [4.78, 5) is 13.3. The van der Waals surface area contributed by atoms with E-state index >= 15 is 0 Å². The van der Waals surface area contributed by atoms with Gasteiger partial charge in [0.15, 0.2) is 0 Å². The lowest BCUT2D eigenvalue weighted by molar-refractivity contribution is -0.113. The molecule has 3 rings (SSSR count). The molecule has 1 amide bonds. The highest BCUT2D eigenvalue weighted by Crippen LogP contribution is 2.27. The molecule has 0 fully saturated rings. The average molecular weight is 439 g/mol. The standard InChI is InChI=1S/C21H22N6OS2/c1-2-3-6-16-9-11-17(12-10-16)27-21(24-25-26-27)30-15-20(28)23-18-7-4-5-8-19(18)29-14-13-22/h4-5,7-12H,2-3,6,14-15H2,1H3,(H,23,28). The van der Waals surface area contributed by atoms with Crippen molar-refractivity contribution in [1.82, 2.24) is 20.2 Å². The number of aromatic nitrogens is 4. The van der Waals surface area contributed by atoms with Crippen molar-refractivity contribution >= 4 is 35.1 Å². The van der Waals surface area contributed by atoms with E-state index in [1.54, 1.807) is 4.68 Å². The average Bonchev–Trinajstić information content (AvgIpc) is 3.25. The molecule has 0 spiro atoms. The summed E-state index contributed by atoms with van der Waals surface area (Å²) in [6.45, 7) is 2.18. The number of hydrogen-bond acceptors (Lipinski definition) is 7. The Labute approximate surface area is 184 Å². The van der Waals surface area contributed by atoms with Crippen LogP contribution in [0.2, 0.25) is 0 Å². The Morgan fingerprint density at radius 3 is 2.73 bits per heavy atom. The Kier molecular flexibility index (Phi) is 8.30. The number of amides is 1. The van der Waals surface area contributed by atoms with Crippen LogP contribution in [0.1, 0.15) is 25.3 Å². The van der Waals surface area contributed by atoms with Crippen molar-refractivity contribution in [2.75, 3.05) is 16.8 Å². The number of tetrazole rings is 1. The van der Waals surface area contributed by atoms with E-state index in [1.807, 2.05) is 36.4 Å². The van der Waals surface area contributed by atoms with E-state index in [0.29, 0.717) is 16.6 Å². The van der Waals surface area contributed by atoms with Crippen LogP contribution in [0.3, 0.4) is 0 Å². The van der Waals surface area contributed by atoms with Gasteiger partial charge >= 0.3 is 0 Å². The molecule has 3 aromatic rings. The van der Waals surface area contributed by atoms with Gasteiger partial charge in [0.2, 0.25) is 11.1 Å². The quantitative estimate of drug-likeness (QED) is 0.470. The number of para-hydroxylation sites is 1. The van der Waals surface area contributed by atoms with Crippen LogP contribution in [-0.2, 0) is 11.2 Å². The third-order valence-electron chi connectivity index (χ3n) is 4.23. The van der Waals surface area contributed by atoms with Gasteiger partial charge in [0.1, 0.15) is 0 Å². The van der Waals surface area contributed by atoms with Crippen molar-refractivity contribution in [3.8, 4) is 11.8 Å². The molecular formula is C21H22N6OS2. The lowest BCUT2D eigenvalue weighted by Gasteiger charge is -2.09. The number of thioether (sulfide) groups is 2. The zero-order chi connectivity index (χ0) is 21.2. The van der Waals surface area contributed by atoms with Crippen LogP contribution in [0.15, 0.2) is 58.6 Å². The first-order chi connectivity index (χ1) is 14.7. The van der Waals surface area contributed by atoms with E-state index in [2.05, 4.69) is 46.0 Å². The summed E-state index contributed by atoms with van der Waals surface area (Å²) in [6, 6.07) is 17.7. The van der Waals surface area contributed by atoms with Crippen LogP contribution in [0, 0.1) is 11.3 Å². The van der Waals surface area contributed by atoms with Crippen LogP contribution >= 0.6 is 23.5 Å². The fourth-order valence-corrected chi connectivity index (χ4v) is 4.10. The van der Waals surface area contributed by atoms with Gasteiger partial charge in [-0.25, -0.2) is 0 Å². The molecule has 0 aliphatic heterocycles. The molecule has 0 atom stereocenters. The summed E-state index contributed by atoms with van der Waals surface area (Å²) >= 11 is 2.66. The van der Waals surface area contributed by atoms with Gasteiger partial charge in [-0.3, -0.25) is 4.79 Å². The maximum atomic E-state index is 12.4. The molecule has 154 valence electrons. The lowest BCUT2D eigenvalue weighted by atomic mass is 10.1. The summed E-state index contributed by atoms with van der Waals surface area (Å²) in [7, 11) is 0. The summed E-state index contributed by atoms with van der Waals surface area (Å²) in [5, 5.41) is 24.1. The predicted octanol–water partition coefficient (Wildman–Crippen LogP) is 4.35. The zero-order valence-corrected chi connectivity index (χ0v) is 18.2. The van der Waals surface area contributed by atoms with E-state index in [9.17, 15) is 4.79 Å². The molecule has 7 nitrogen and oxygen atoms in total. The highest BCUT2D eigenvalue weighted by Gasteiger charge is 2.13. The molecule has 1 N–H and O–H groups in total. The Morgan fingerprint density at radius 1 is 1.17 bits per heavy atom. The zero-order valence-electron chi connectivity index (χ0n) is 16.6. The van der Waals surface area contributed by atoms with Crippen LogP contribution in [-0.4, -0.2) is 37.6 Å². The van der Waals surface area contributed by atoms with Gasteiger partial charge in [0.25, 0.3) is 0 Å². The molecule has 0 aliphatic carbocycles. The van der Waals surface area contributed by atoms with E-state index in [0.717, 1.165) is 17.0 Å². The second-order valence-electron chi connectivity index (χ2n) is 6.42. The number of nitriles is 1. The van der Waals surface area contributed by atoms with Crippen molar-refractivity contribution in [1.29, 1.82) is 5.26 Å². The largest absolute Gasteiger partial charge is 0.324 e. The molecule has 0 saturated carbocycles. The Morgan fingerprint density at radius 2 is 1.97 bits per heavy atom. The first-order valence-corrected chi connectivity index (χ1v) is 11.6. The van der Waals surface area contributed by atoms with E-state index in [-0.39, 0.29) is 11.7 Å². The minimum atomic E-state index is -0.158. The van der Waals surface area contributed by atoms with Crippen molar-refractivity contribution in [3.63, 3.8) is 0 Å². The monoisotopic (exact) mass is 438 g/mol. The number of carbonyl (C=O) groups excluding carboxylic acids is 1. The number of rotatable bonds is 10. The van der Waals surface area contributed by atoms with Crippen LogP contribution in [0.4, 0.5) is 5.69 Å². The predicted molar refractivity (Wildman–Crippen MR) is 120 cm³/mol. The van der Waals surface area contributed by atoms with Crippen LogP contribution < -0.4 is 5.32 Å². The van der Waals surface area contributed by atoms with Crippen molar-refractivity contribution < 1.29 is 4.79 Å². The van der Waals surface area contributed by atoms with Gasteiger partial charge in [0.05, 0.1) is 28.9 Å². The maximum absolute atomic E-state index is 12.4. The highest BCUT2D eigenvalue weighted by atomic mass is 32.2. The van der Waals surface area contributed by atoms with Gasteiger partial charge in [-0.1, -0.05) is 49.4 Å². The normalized spacial score (nSPS) is 10.5. The summed E-state index contributed by atoms with van der Waals surface area (Å²) in [5.41, 5.74) is 2.85. The number of carbonyl (C=O) groups is 1. The maximum Gasteiger partial charge on any atom is 0.234 e. The van der Waals surface area contributed by atoms with Crippen LogP contribution in [0.25, 0.3) is 5.69 Å². The first-order valence-electron chi connectivity index (χ1n) is 9.60.